The van der Waals surface area contributed by atoms with Crippen LogP contribution in [0.1, 0.15) is 51.4 Å². The molecule has 0 spiro atoms. The number of benzene rings is 1. The van der Waals surface area contributed by atoms with Crippen molar-refractivity contribution in [3.05, 3.63) is 41.7 Å². The Balaban J connectivity index is 1.86. The van der Waals surface area contributed by atoms with Crippen molar-refractivity contribution in [2.24, 2.45) is 4.99 Å². The number of nitrogens with zero attached hydrogens (tertiary/aromatic N) is 4. The third kappa shape index (κ3) is 4.44. The van der Waals surface area contributed by atoms with Crippen LogP contribution in [-0.4, -0.2) is 46.8 Å². The zero-order valence-corrected chi connectivity index (χ0v) is 17.9. The molecule has 0 N–H and O–H groups in total. The Labute approximate surface area is 169 Å². The van der Waals surface area contributed by atoms with E-state index < -0.39 is 0 Å². The van der Waals surface area contributed by atoms with E-state index in [2.05, 4.69) is 72.5 Å². The van der Waals surface area contributed by atoms with Gasteiger partial charge in [0.15, 0.2) is 0 Å². The average molecular weight is 379 g/mol. The fourth-order valence-corrected chi connectivity index (χ4v) is 3.99. The summed E-state index contributed by atoms with van der Waals surface area (Å²) in [5.74, 6) is 0. The predicted octanol–water partition coefficient (Wildman–Crippen LogP) is 5.45. The molecule has 0 atom stereocenters. The summed E-state index contributed by atoms with van der Waals surface area (Å²) in [4.78, 5) is 11.9. The first-order chi connectivity index (χ1) is 13.7. The first-order valence-electron chi connectivity index (χ1n) is 10.8. The summed E-state index contributed by atoms with van der Waals surface area (Å²) < 4.78 is 2.45. The van der Waals surface area contributed by atoms with Crippen LogP contribution in [0.3, 0.4) is 0 Å². The molecule has 0 aliphatic rings. The van der Waals surface area contributed by atoms with Crippen LogP contribution in [0.2, 0.25) is 0 Å². The maximum atomic E-state index is 4.85. The summed E-state index contributed by atoms with van der Waals surface area (Å²) in [6.07, 6.45) is 5.42. The standard InChI is InChI=1S/C24H34N4/c1-5-8-16-28-23-13-10-9-12-21(23)22-17-20(26-19(4)24(22)28)18-25-14-11-15-27(6-2)7-3/h9-10,12-13,17-18H,5-8,11,14-16H2,1-4H3. The number of unbranched alkanes of at least 4 members (excludes halogenated alkanes) is 1. The van der Waals surface area contributed by atoms with E-state index in [1.54, 1.807) is 0 Å². The molecule has 0 radical (unpaired) electrons. The van der Waals surface area contributed by atoms with Crippen molar-refractivity contribution in [2.75, 3.05) is 26.2 Å². The SMILES string of the molecule is CCCCn1c2ccccc2c2cc(C=NCCCN(CC)CC)nc(C)c21. The van der Waals surface area contributed by atoms with Crippen LogP contribution in [0.25, 0.3) is 21.8 Å². The maximum Gasteiger partial charge on any atom is 0.0818 e. The largest absolute Gasteiger partial charge is 0.339 e. The van der Waals surface area contributed by atoms with E-state index in [0.717, 1.165) is 50.5 Å². The number of aryl methyl sites for hydroxylation is 2. The monoisotopic (exact) mass is 378 g/mol. The molecule has 0 fully saturated rings. The first kappa shape index (κ1) is 20.5. The fourth-order valence-electron chi connectivity index (χ4n) is 3.99. The number of rotatable bonds is 10. The molecule has 0 bridgehead atoms. The second kappa shape index (κ2) is 9.83. The summed E-state index contributed by atoms with van der Waals surface area (Å²) in [5.41, 5.74) is 4.64. The highest BCUT2D eigenvalue weighted by Crippen LogP contribution is 2.31. The lowest BCUT2D eigenvalue weighted by molar-refractivity contribution is 0.302. The van der Waals surface area contributed by atoms with Gasteiger partial charge >= 0.3 is 0 Å². The van der Waals surface area contributed by atoms with Crippen molar-refractivity contribution in [2.45, 2.75) is 53.5 Å². The van der Waals surface area contributed by atoms with E-state index in [-0.39, 0.29) is 0 Å². The number of fused-ring (bicyclic) bond motifs is 3. The molecule has 4 heteroatoms. The molecule has 150 valence electrons. The van der Waals surface area contributed by atoms with Gasteiger partial charge in [0.05, 0.1) is 16.9 Å². The Morgan fingerprint density at radius 3 is 2.61 bits per heavy atom. The molecule has 4 nitrogen and oxygen atoms in total. The second-order valence-corrected chi connectivity index (χ2v) is 7.47. The Hall–Kier alpha value is -2.20. The number of aliphatic imine (C=N–C) groups is 1. The van der Waals surface area contributed by atoms with Crippen molar-refractivity contribution >= 4 is 28.0 Å². The number of aromatic nitrogens is 2. The lowest BCUT2D eigenvalue weighted by atomic mass is 10.1. The first-order valence-corrected chi connectivity index (χ1v) is 10.8. The van der Waals surface area contributed by atoms with Crippen molar-refractivity contribution in [3.8, 4) is 0 Å². The van der Waals surface area contributed by atoms with Gasteiger partial charge in [-0.05, 0) is 51.5 Å². The van der Waals surface area contributed by atoms with E-state index in [1.807, 2.05) is 6.21 Å². The van der Waals surface area contributed by atoms with Crippen LogP contribution in [0.5, 0.6) is 0 Å². The van der Waals surface area contributed by atoms with Crippen molar-refractivity contribution < 1.29 is 0 Å². The minimum atomic E-state index is 0.855. The summed E-state index contributed by atoms with van der Waals surface area (Å²) in [6, 6.07) is 10.9. The van der Waals surface area contributed by atoms with Gasteiger partial charge in [0.1, 0.15) is 0 Å². The zero-order valence-electron chi connectivity index (χ0n) is 17.9. The van der Waals surface area contributed by atoms with Crippen LogP contribution in [0.4, 0.5) is 0 Å². The Bertz CT molecular complexity index is 935. The van der Waals surface area contributed by atoms with Gasteiger partial charge in [-0.3, -0.25) is 4.99 Å². The lowest BCUT2D eigenvalue weighted by Gasteiger charge is -2.16. The average Bonchev–Trinajstić information content (AvgIpc) is 3.03. The summed E-state index contributed by atoms with van der Waals surface area (Å²) in [6.45, 7) is 14.0. The van der Waals surface area contributed by atoms with Gasteiger partial charge in [-0.25, -0.2) is 4.98 Å². The molecular weight excluding hydrogens is 344 g/mol. The topological polar surface area (TPSA) is 33.4 Å². The van der Waals surface area contributed by atoms with E-state index in [4.69, 9.17) is 4.98 Å². The molecule has 3 aromatic rings. The van der Waals surface area contributed by atoms with Gasteiger partial charge in [-0.15, -0.1) is 0 Å². The second-order valence-electron chi connectivity index (χ2n) is 7.47. The molecule has 0 amide bonds. The number of para-hydroxylation sites is 1. The molecule has 0 saturated heterocycles. The Kier molecular flexibility index (Phi) is 7.21. The van der Waals surface area contributed by atoms with Crippen LogP contribution in [0, 0.1) is 6.92 Å². The molecule has 2 aromatic heterocycles. The number of hydrogen-bond donors (Lipinski definition) is 0. The molecule has 3 rings (SSSR count). The van der Waals surface area contributed by atoms with E-state index in [9.17, 15) is 0 Å². The van der Waals surface area contributed by atoms with Gasteiger partial charge in [-0.1, -0.05) is 45.4 Å². The van der Waals surface area contributed by atoms with Crippen molar-refractivity contribution in [1.82, 2.24) is 14.5 Å². The van der Waals surface area contributed by atoms with Gasteiger partial charge in [0.25, 0.3) is 0 Å². The normalized spacial score (nSPS) is 12.2. The summed E-state index contributed by atoms with van der Waals surface area (Å²) in [5, 5.41) is 2.61. The highest BCUT2D eigenvalue weighted by Gasteiger charge is 2.13. The highest BCUT2D eigenvalue weighted by molar-refractivity contribution is 6.09. The molecule has 0 saturated carbocycles. The molecule has 2 heterocycles. The summed E-state index contributed by atoms with van der Waals surface area (Å²) >= 11 is 0. The highest BCUT2D eigenvalue weighted by atomic mass is 15.1. The fraction of sp³-hybridized carbons (Fsp3) is 0.500. The van der Waals surface area contributed by atoms with Crippen LogP contribution >= 0.6 is 0 Å². The van der Waals surface area contributed by atoms with Gasteiger partial charge < -0.3 is 9.47 Å². The third-order valence-corrected chi connectivity index (χ3v) is 5.56. The number of hydrogen-bond acceptors (Lipinski definition) is 3. The zero-order chi connectivity index (χ0) is 19.9. The quantitative estimate of drug-likeness (QED) is 0.347. The Morgan fingerprint density at radius 1 is 1.07 bits per heavy atom. The van der Waals surface area contributed by atoms with Crippen LogP contribution in [-0.2, 0) is 6.54 Å². The molecule has 0 aliphatic heterocycles. The van der Waals surface area contributed by atoms with Crippen molar-refractivity contribution in [3.63, 3.8) is 0 Å². The molecule has 1 aromatic carbocycles. The molecule has 28 heavy (non-hydrogen) atoms. The van der Waals surface area contributed by atoms with E-state index in [0.29, 0.717) is 0 Å². The van der Waals surface area contributed by atoms with Crippen LogP contribution in [0.15, 0.2) is 35.3 Å². The number of pyridine rings is 1. The van der Waals surface area contributed by atoms with Gasteiger partial charge in [0.2, 0.25) is 0 Å². The van der Waals surface area contributed by atoms with E-state index in [1.165, 1.54) is 34.6 Å². The predicted molar refractivity (Wildman–Crippen MR) is 122 cm³/mol. The minimum absolute atomic E-state index is 0.855. The van der Waals surface area contributed by atoms with Crippen molar-refractivity contribution in [1.29, 1.82) is 0 Å². The minimum Gasteiger partial charge on any atom is -0.339 e. The van der Waals surface area contributed by atoms with Gasteiger partial charge in [-0.2, -0.15) is 0 Å². The molecule has 0 unspecified atom stereocenters. The summed E-state index contributed by atoms with van der Waals surface area (Å²) in [7, 11) is 0. The van der Waals surface area contributed by atoms with Gasteiger partial charge in [0, 0.05) is 35.6 Å². The Morgan fingerprint density at radius 2 is 1.86 bits per heavy atom. The van der Waals surface area contributed by atoms with E-state index >= 15 is 0 Å². The van der Waals surface area contributed by atoms with Crippen LogP contribution < -0.4 is 0 Å². The maximum absolute atomic E-state index is 4.85. The molecular formula is C24H34N4. The smallest absolute Gasteiger partial charge is 0.0818 e. The lowest BCUT2D eigenvalue weighted by Crippen LogP contribution is -2.24. The molecule has 0 aliphatic carbocycles. The third-order valence-electron chi connectivity index (χ3n) is 5.56.